The Kier molecular flexibility index (Phi) is 6.69. The molecular formula is C23H33N3O4S. The molecule has 0 bridgehead atoms. The fourth-order valence-corrected chi connectivity index (χ4v) is 5.72. The molecule has 2 heterocycles. The topological polar surface area (TPSA) is 96.5 Å². The van der Waals surface area contributed by atoms with E-state index in [1.807, 2.05) is 6.92 Å². The average Bonchev–Trinajstić information content (AvgIpc) is 3.42. The zero-order valence-electron chi connectivity index (χ0n) is 18.4. The molecule has 3 atom stereocenters. The summed E-state index contributed by atoms with van der Waals surface area (Å²) in [7, 11) is -2.29. The van der Waals surface area contributed by atoms with E-state index in [-0.39, 0.29) is 29.0 Å². The van der Waals surface area contributed by atoms with Gasteiger partial charge in [-0.05, 0) is 83.2 Å². The molecule has 170 valence electrons. The van der Waals surface area contributed by atoms with Gasteiger partial charge in [0.2, 0.25) is 10.0 Å². The highest BCUT2D eigenvalue weighted by Gasteiger charge is 2.32. The molecule has 1 saturated heterocycles. The van der Waals surface area contributed by atoms with Crippen molar-refractivity contribution in [1.29, 1.82) is 0 Å². The van der Waals surface area contributed by atoms with Gasteiger partial charge in [0.15, 0.2) is 0 Å². The summed E-state index contributed by atoms with van der Waals surface area (Å²) in [5.41, 5.74) is 2.47. The van der Waals surface area contributed by atoms with E-state index in [4.69, 9.17) is 4.74 Å². The fourth-order valence-electron chi connectivity index (χ4n) is 4.91. The summed E-state index contributed by atoms with van der Waals surface area (Å²) in [6.45, 7) is 2.89. The van der Waals surface area contributed by atoms with Crippen LogP contribution in [0.15, 0.2) is 28.7 Å². The molecule has 3 N–H and O–H groups in total. The van der Waals surface area contributed by atoms with Gasteiger partial charge in [-0.1, -0.05) is 11.6 Å². The molecule has 7 nitrogen and oxygen atoms in total. The van der Waals surface area contributed by atoms with Crippen molar-refractivity contribution >= 4 is 15.9 Å². The Morgan fingerprint density at radius 2 is 2.13 bits per heavy atom. The number of benzene rings is 1. The first kappa shape index (κ1) is 22.3. The Labute approximate surface area is 185 Å². The lowest BCUT2D eigenvalue weighted by Gasteiger charge is -2.27. The first-order valence-corrected chi connectivity index (χ1v) is 12.8. The number of hydrogen-bond acceptors (Lipinski definition) is 5. The smallest absolute Gasteiger partial charge is 0.255 e. The third kappa shape index (κ3) is 4.96. The van der Waals surface area contributed by atoms with Crippen molar-refractivity contribution < 1.29 is 17.9 Å². The number of amides is 1. The Hall–Kier alpha value is -1.90. The second-order valence-electron chi connectivity index (χ2n) is 8.89. The Morgan fingerprint density at radius 3 is 2.81 bits per heavy atom. The molecule has 1 aliphatic carbocycles. The molecule has 1 aromatic carbocycles. The van der Waals surface area contributed by atoms with E-state index in [0.29, 0.717) is 17.7 Å². The highest BCUT2D eigenvalue weighted by molar-refractivity contribution is 7.89. The van der Waals surface area contributed by atoms with Crippen molar-refractivity contribution in [2.45, 2.75) is 81.4 Å². The molecular weight excluding hydrogens is 414 g/mol. The summed E-state index contributed by atoms with van der Waals surface area (Å²) in [6, 6.07) is 3.25. The number of allylic oxidation sites excluding steroid dienone is 1. The third-order valence-electron chi connectivity index (χ3n) is 6.56. The molecule has 0 spiro atoms. The van der Waals surface area contributed by atoms with Crippen molar-refractivity contribution in [1.82, 2.24) is 15.4 Å². The summed E-state index contributed by atoms with van der Waals surface area (Å²) in [5.74, 6) is 0.240. The predicted molar refractivity (Wildman–Crippen MR) is 120 cm³/mol. The van der Waals surface area contributed by atoms with E-state index in [1.165, 1.54) is 31.5 Å². The van der Waals surface area contributed by atoms with Crippen LogP contribution in [0.4, 0.5) is 0 Å². The molecule has 4 rings (SSSR count). The zero-order valence-corrected chi connectivity index (χ0v) is 19.2. The van der Waals surface area contributed by atoms with Gasteiger partial charge in [-0.25, -0.2) is 13.1 Å². The van der Waals surface area contributed by atoms with Crippen molar-refractivity contribution in [3.05, 3.63) is 34.9 Å². The van der Waals surface area contributed by atoms with Gasteiger partial charge in [-0.2, -0.15) is 0 Å². The van der Waals surface area contributed by atoms with Gasteiger partial charge in [-0.3, -0.25) is 4.79 Å². The van der Waals surface area contributed by atoms with Crippen LogP contribution in [0, 0.1) is 0 Å². The first-order chi connectivity index (χ1) is 14.9. The molecule has 2 aliphatic heterocycles. The zero-order chi connectivity index (χ0) is 22.0. The number of hydrogen-bond donors (Lipinski definition) is 3. The Balaban J connectivity index is 1.63. The monoisotopic (exact) mass is 447 g/mol. The quantitative estimate of drug-likeness (QED) is 0.559. The van der Waals surface area contributed by atoms with Gasteiger partial charge in [-0.15, -0.1) is 0 Å². The second kappa shape index (κ2) is 9.30. The predicted octanol–water partition coefficient (Wildman–Crippen LogP) is 2.66. The lowest BCUT2D eigenvalue weighted by Crippen LogP contribution is -2.47. The molecule has 1 fully saturated rings. The summed E-state index contributed by atoms with van der Waals surface area (Å²) >= 11 is 0. The molecule has 8 heteroatoms. The maximum Gasteiger partial charge on any atom is 0.255 e. The van der Waals surface area contributed by atoms with Crippen LogP contribution >= 0.6 is 0 Å². The second-order valence-corrected chi connectivity index (χ2v) is 10.8. The normalized spacial score (nSPS) is 24.3. The van der Waals surface area contributed by atoms with Crippen LogP contribution in [0.3, 0.4) is 0 Å². The summed E-state index contributed by atoms with van der Waals surface area (Å²) < 4.78 is 33.2. The Morgan fingerprint density at radius 1 is 1.29 bits per heavy atom. The van der Waals surface area contributed by atoms with Gasteiger partial charge < -0.3 is 15.4 Å². The molecule has 31 heavy (non-hydrogen) atoms. The van der Waals surface area contributed by atoms with Crippen LogP contribution in [-0.2, 0) is 16.4 Å². The van der Waals surface area contributed by atoms with E-state index in [2.05, 4.69) is 21.4 Å². The number of ether oxygens (including phenoxy) is 1. The molecule has 0 radical (unpaired) electrons. The van der Waals surface area contributed by atoms with Crippen molar-refractivity contribution in [2.24, 2.45) is 0 Å². The van der Waals surface area contributed by atoms with Crippen LogP contribution in [-0.4, -0.2) is 46.1 Å². The molecule has 0 aromatic heterocycles. The number of fused-ring (bicyclic) bond motifs is 1. The van der Waals surface area contributed by atoms with Gasteiger partial charge in [0, 0.05) is 18.5 Å². The van der Waals surface area contributed by atoms with Crippen LogP contribution in [0.2, 0.25) is 0 Å². The van der Waals surface area contributed by atoms with Crippen LogP contribution in [0.5, 0.6) is 5.75 Å². The number of carbonyl (C=O) groups excluding carboxylic acids is 1. The van der Waals surface area contributed by atoms with Gasteiger partial charge in [0.25, 0.3) is 5.91 Å². The van der Waals surface area contributed by atoms with Crippen LogP contribution < -0.4 is 20.1 Å². The standard InChI is InChI=1S/C23H33N3O4S/c1-15-11-17-13-18(31(28,29)24-2)14-19(22(17)30-15)23(27)26-21(20-9-6-10-25-20)12-16-7-4-3-5-8-16/h7,13-15,20-21,24-25H,3-6,8-12H2,1-2H3,(H,26,27). The van der Waals surface area contributed by atoms with E-state index in [1.54, 1.807) is 6.07 Å². The molecule has 1 amide bonds. The SMILES string of the molecule is CNS(=O)(=O)c1cc2c(c(C(=O)NC(CC3=CCCCC3)C3CCCN3)c1)OC(C)C2. The van der Waals surface area contributed by atoms with Crippen molar-refractivity contribution in [2.75, 3.05) is 13.6 Å². The maximum absolute atomic E-state index is 13.4. The molecule has 0 saturated carbocycles. The first-order valence-electron chi connectivity index (χ1n) is 11.4. The molecule has 1 aromatic rings. The highest BCUT2D eigenvalue weighted by atomic mass is 32.2. The number of nitrogens with one attached hydrogen (secondary N) is 3. The number of carbonyl (C=O) groups is 1. The lowest BCUT2D eigenvalue weighted by molar-refractivity contribution is 0.0923. The molecule has 3 unspecified atom stereocenters. The van der Waals surface area contributed by atoms with E-state index in [0.717, 1.165) is 44.2 Å². The largest absolute Gasteiger partial charge is 0.489 e. The van der Waals surface area contributed by atoms with Gasteiger partial charge >= 0.3 is 0 Å². The fraction of sp³-hybridized carbons (Fsp3) is 0.609. The highest BCUT2D eigenvalue weighted by Crippen LogP contribution is 2.35. The summed E-state index contributed by atoms with van der Waals surface area (Å²) in [4.78, 5) is 13.5. The van der Waals surface area contributed by atoms with Crippen molar-refractivity contribution in [3.8, 4) is 5.75 Å². The number of sulfonamides is 1. The minimum absolute atomic E-state index is 0.0293. The molecule has 3 aliphatic rings. The average molecular weight is 448 g/mol. The van der Waals surface area contributed by atoms with E-state index in [9.17, 15) is 13.2 Å². The summed E-state index contributed by atoms with van der Waals surface area (Å²) in [6.07, 6.45) is 10.4. The lowest BCUT2D eigenvalue weighted by atomic mass is 9.91. The Bertz CT molecular complexity index is 967. The summed E-state index contributed by atoms with van der Waals surface area (Å²) in [5, 5.41) is 6.75. The third-order valence-corrected chi connectivity index (χ3v) is 7.95. The van der Waals surface area contributed by atoms with Crippen molar-refractivity contribution in [3.63, 3.8) is 0 Å². The number of rotatable bonds is 7. The van der Waals surface area contributed by atoms with E-state index < -0.39 is 10.0 Å². The minimum Gasteiger partial charge on any atom is -0.489 e. The van der Waals surface area contributed by atoms with Gasteiger partial charge in [0.1, 0.15) is 11.9 Å². The van der Waals surface area contributed by atoms with E-state index >= 15 is 0 Å². The van der Waals surface area contributed by atoms with Gasteiger partial charge in [0.05, 0.1) is 10.5 Å². The van der Waals surface area contributed by atoms with Crippen LogP contribution in [0.1, 0.15) is 67.8 Å². The maximum atomic E-state index is 13.4. The minimum atomic E-state index is -3.67. The van der Waals surface area contributed by atoms with Crippen LogP contribution in [0.25, 0.3) is 0 Å².